The van der Waals surface area contributed by atoms with Gasteiger partial charge in [-0.15, -0.1) is 0 Å². The summed E-state index contributed by atoms with van der Waals surface area (Å²) in [4.78, 5) is 39.6. The van der Waals surface area contributed by atoms with E-state index in [-0.39, 0.29) is 16.6 Å². The number of amides is 1. The van der Waals surface area contributed by atoms with Crippen molar-refractivity contribution in [1.29, 1.82) is 0 Å². The van der Waals surface area contributed by atoms with E-state index in [1.165, 1.54) is 45.0 Å². The Morgan fingerprint density at radius 3 is 2.27 bits per heavy atom. The van der Waals surface area contributed by atoms with Crippen LogP contribution in [0.15, 0.2) is 53.4 Å². The summed E-state index contributed by atoms with van der Waals surface area (Å²) in [6, 6.07) is 11.5. The lowest BCUT2D eigenvalue weighted by Gasteiger charge is -2.17. The summed E-state index contributed by atoms with van der Waals surface area (Å²) in [5, 5.41) is 3.26. The fraction of sp³-hybridized carbons (Fsp3) is 0.261. The summed E-state index contributed by atoms with van der Waals surface area (Å²) in [5.74, 6) is -1.56. The Morgan fingerprint density at radius 1 is 1.00 bits per heavy atom. The van der Waals surface area contributed by atoms with E-state index in [4.69, 9.17) is 4.74 Å². The number of H-pyrrole nitrogens is 1. The van der Waals surface area contributed by atoms with Crippen LogP contribution in [0.2, 0.25) is 0 Å². The quantitative estimate of drug-likeness (QED) is 0.342. The molecule has 0 aliphatic rings. The first kappa shape index (κ1) is 24.1. The van der Waals surface area contributed by atoms with Crippen molar-refractivity contribution in [2.45, 2.75) is 44.7 Å². The highest BCUT2D eigenvalue weighted by molar-refractivity contribution is 7.89. The van der Waals surface area contributed by atoms with Gasteiger partial charge in [-0.1, -0.05) is 18.2 Å². The van der Waals surface area contributed by atoms with E-state index in [2.05, 4.69) is 15.0 Å². The number of aryl methyl sites for hydroxylation is 1. The second-order valence-electron chi connectivity index (χ2n) is 7.66. The van der Waals surface area contributed by atoms with Crippen LogP contribution in [0, 0.1) is 6.92 Å². The van der Waals surface area contributed by atoms with Crippen molar-refractivity contribution < 1.29 is 27.5 Å². The van der Waals surface area contributed by atoms with Gasteiger partial charge in [0.05, 0.1) is 4.90 Å². The Hall–Kier alpha value is -3.50. The molecular weight excluding hydrogens is 446 g/mol. The summed E-state index contributed by atoms with van der Waals surface area (Å²) in [5.41, 5.74) is 2.32. The molecule has 9 nitrogen and oxygen atoms in total. The third kappa shape index (κ3) is 5.47. The number of para-hydroxylation sites is 1. The number of hydrogen-bond acceptors (Lipinski definition) is 6. The van der Waals surface area contributed by atoms with Gasteiger partial charge in [-0.05, 0) is 51.1 Å². The van der Waals surface area contributed by atoms with E-state index in [0.29, 0.717) is 16.9 Å². The van der Waals surface area contributed by atoms with Crippen LogP contribution >= 0.6 is 0 Å². The Balaban J connectivity index is 1.67. The zero-order valence-electron chi connectivity index (χ0n) is 18.6. The van der Waals surface area contributed by atoms with Gasteiger partial charge >= 0.3 is 5.97 Å². The average molecular weight is 472 g/mol. The van der Waals surface area contributed by atoms with E-state index >= 15 is 0 Å². The van der Waals surface area contributed by atoms with Gasteiger partial charge < -0.3 is 15.0 Å². The molecule has 0 spiro atoms. The molecule has 1 heterocycles. The van der Waals surface area contributed by atoms with Crippen molar-refractivity contribution in [2.24, 2.45) is 0 Å². The van der Waals surface area contributed by atoms with Gasteiger partial charge in [0, 0.05) is 34.8 Å². The lowest BCUT2D eigenvalue weighted by molar-refractivity contribution is -0.147. The number of sulfonamides is 1. The first-order valence-electron chi connectivity index (χ1n) is 10.2. The maximum atomic E-state index is 12.9. The fourth-order valence-corrected chi connectivity index (χ4v) is 4.59. The number of ketones is 1. The van der Waals surface area contributed by atoms with E-state index in [9.17, 15) is 22.8 Å². The van der Waals surface area contributed by atoms with Gasteiger partial charge in [-0.3, -0.25) is 14.4 Å². The predicted octanol–water partition coefficient (Wildman–Crippen LogP) is 2.92. The van der Waals surface area contributed by atoms with Crippen molar-refractivity contribution in [3.05, 3.63) is 59.8 Å². The first-order chi connectivity index (χ1) is 15.5. The van der Waals surface area contributed by atoms with Gasteiger partial charge in [0.25, 0.3) is 0 Å². The van der Waals surface area contributed by atoms with Gasteiger partial charge in [0.15, 0.2) is 6.10 Å². The molecule has 0 bridgehead atoms. The molecular formula is C23H25N3O6S. The van der Waals surface area contributed by atoms with Crippen molar-refractivity contribution in [2.75, 3.05) is 5.32 Å². The van der Waals surface area contributed by atoms with Crippen LogP contribution in [0.1, 0.15) is 36.8 Å². The number of fused-ring (bicyclic) bond motifs is 1. The van der Waals surface area contributed by atoms with Crippen LogP contribution in [0.3, 0.4) is 0 Å². The van der Waals surface area contributed by atoms with E-state index < -0.39 is 28.1 Å². The van der Waals surface area contributed by atoms with Crippen LogP contribution in [0.5, 0.6) is 0 Å². The number of aromatic amines is 1. The largest absolute Gasteiger partial charge is 0.453 e. The SMILES string of the molecule is CC(=O)Nc1ccc(S(=O)(=O)NC(C)C(=O)OC(C)C(=O)c2c(C)[nH]c3ccccc23)cc1. The van der Waals surface area contributed by atoms with Gasteiger partial charge in [0.1, 0.15) is 6.04 Å². The van der Waals surface area contributed by atoms with Crippen molar-refractivity contribution in [3.8, 4) is 0 Å². The number of carbonyl (C=O) groups is 3. The summed E-state index contributed by atoms with van der Waals surface area (Å²) in [7, 11) is -4.04. The summed E-state index contributed by atoms with van der Waals surface area (Å²) < 4.78 is 32.7. The molecule has 0 saturated carbocycles. The van der Waals surface area contributed by atoms with Crippen molar-refractivity contribution >= 4 is 44.3 Å². The number of hydrogen-bond donors (Lipinski definition) is 3. The summed E-state index contributed by atoms with van der Waals surface area (Å²) >= 11 is 0. The predicted molar refractivity (Wildman–Crippen MR) is 123 cm³/mol. The zero-order valence-corrected chi connectivity index (χ0v) is 19.4. The summed E-state index contributed by atoms with van der Waals surface area (Å²) in [6.07, 6.45) is -1.11. The molecule has 2 aromatic carbocycles. The second-order valence-corrected chi connectivity index (χ2v) is 9.38. The highest BCUT2D eigenvalue weighted by Gasteiger charge is 2.28. The van der Waals surface area contributed by atoms with Crippen molar-refractivity contribution in [3.63, 3.8) is 0 Å². The average Bonchev–Trinajstić information content (AvgIpc) is 3.08. The number of benzene rings is 2. The monoisotopic (exact) mass is 471 g/mol. The smallest absolute Gasteiger partial charge is 0.324 e. The van der Waals surface area contributed by atoms with E-state index in [0.717, 1.165) is 10.9 Å². The molecule has 33 heavy (non-hydrogen) atoms. The van der Waals surface area contributed by atoms with Crippen LogP contribution in [-0.2, 0) is 24.3 Å². The van der Waals surface area contributed by atoms with Gasteiger partial charge in [-0.2, -0.15) is 4.72 Å². The van der Waals surface area contributed by atoms with E-state index in [1.807, 2.05) is 18.2 Å². The molecule has 1 aromatic heterocycles. The molecule has 0 radical (unpaired) electrons. The van der Waals surface area contributed by atoms with Gasteiger partial charge in [0.2, 0.25) is 21.7 Å². The minimum Gasteiger partial charge on any atom is -0.453 e. The lowest BCUT2D eigenvalue weighted by Crippen LogP contribution is -2.41. The third-order valence-electron chi connectivity index (χ3n) is 4.97. The second kappa shape index (κ2) is 9.55. The number of carbonyl (C=O) groups excluding carboxylic acids is 3. The van der Waals surface area contributed by atoms with Crippen LogP contribution in [-0.4, -0.2) is 43.2 Å². The minimum absolute atomic E-state index is 0.0882. The molecule has 1 amide bonds. The highest BCUT2D eigenvalue weighted by atomic mass is 32.2. The molecule has 2 unspecified atom stereocenters. The fourth-order valence-electron chi connectivity index (χ4n) is 3.40. The molecule has 0 aliphatic carbocycles. The van der Waals surface area contributed by atoms with Crippen LogP contribution < -0.4 is 10.0 Å². The zero-order chi connectivity index (χ0) is 24.3. The minimum atomic E-state index is -4.04. The third-order valence-corrected chi connectivity index (χ3v) is 6.53. The molecule has 10 heteroatoms. The number of ether oxygens (including phenoxy) is 1. The molecule has 3 rings (SSSR count). The normalized spacial score (nSPS) is 13.3. The van der Waals surface area contributed by atoms with Gasteiger partial charge in [-0.25, -0.2) is 8.42 Å². The lowest BCUT2D eigenvalue weighted by atomic mass is 10.0. The summed E-state index contributed by atoms with van der Waals surface area (Å²) in [6.45, 7) is 5.88. The standard InChI is InChI=1S/C23H25N3O6S/c1-13-21(19-7-5-6-8-20(19)24-13)22(28)15(3)32-23(29)14(2)26-33(30,31)18-11-9-17(10-12-18)25-16(4)27/h5-12,14-15,24,26H,1-4H3,(H,25,27). The Bertz CT molecular complexity index is 1310. The topological polar surface area (TPSA) is 134 Å². The van der Waals surface area contributed by atoms with Crippen molar-refractivity contribution in [1.82, 2.24) is 9.71 Å². The first-order valence-corrected chi connectivity index (χ1v) is 11.7. The number of aromatic nitrogens is 1. The molecule has 0 aliphatic heterocycles. The maximum absolute atomic E-state index is 12.9. The molecule has 0 fully saturated rings. The molecule has 2 atom stereocenters. The number of nitrogens with one attached hydrogen (secondary N) is 3. The molecule has 174 valence electrons. The van der Waals surface area contributed by atoms with Crippen LogP contribution in [0.4, 0.5) is 5.69 Å². The van der Waals surface area contributed by atoms with Crippen LogP contribution in [0.25, 0.3) is 10.9 Å². The molecule has 3 aromatic rings. The molecule has 0 saturated heterocycles. The Kier molecular flexibility index (Phi) is 6.99. The highest BCUT2D eigenvalue weighted by Crippen LogP contribution is 2.24. The molecule has 3 N–H and O–H groups in total. The Morgan fingerprint density at radius 2 is 1.64 bits per heavy atom. The Labute approximate surface area is 191 Å². The number of anilines is 1. The number of Topliss-reactive ketones (excluding diaryl/α,β-unsaturated/α-hetero) is 1. The van der Waals surface area contributed by atoms with E-state index in [1.54, 1.807) is 13.0 Å². The number of rotatable bonds is 8. The maximum Gasteiger partial charge on any atom is 0.324 e. The number of esters is 1.